The predicted molar refractivity (Wildman–Crippen MR) is 63.0 cm³/mol. The van der Waals surface area contributed by atoms with E-state index in [9.17, 15) is 14.4 Å². The highest BCUT2D eigenvalue weighted by molar-refractivity contribution is 6.08. The van der Waals surface area contributed by atoms with Crippen LogP contribution in [-0.4, -0.2) is 54.0 Å². The Kier molecular flexibility index (Phi) is 3.95. The lowest BCUT2D eigenvalue weighted by molar-refractivity contribution is -0.171. The number of nitrogens with zero attached hydrogens (tertiary/aromatic N) is 1. The third kappa shape index (κ3) is 2.61. The summed E-state index contributed by atoms with van der Waals surface area (Å²) in [5.74, 6) is -1.76. The molecule has 1 atom stereocenters. The van der Waals surface area contributed by atoms with Gasteiger partial charge >= 0.3 is 12.4 Å². The first-order chi connectivity index (χ1) is 8.24. The van der Waals surface area contributed by atoms with Crippen LogP contribution in [0.2, 0.25) is 0 Å². The van der Waals surface area contributed by atoms with E-state index in [-0.39, 0.29) is 13.1 Å². The SMILES string of the molecule is CC(C)(C)OC(=O)C1(C(N)=O)CNCCN1[C]=O. The van der Waals surface area contributed by atoms with Crippen LogP contribution in [-0.2, 0) is 19.1 Å². The fourth-order valence-electron chi connectivity index (χ4n) is 1.74. The fraction of sp³-hybridized carbons (Fsp3) is 0.727. The number of esters is 1. The Balaban J connectivity index is 3.09. The molecule has 0 aliphatic carbocycles. The molecule has 7 nitrogen and oxygen atoms in total. The highest BCUT2D eigenvalue weighted by Gasteiger charge is 2.53. The maximum atomic E-state index is 12.2. The molecule has 0 bridgehead atoms. The molecule has 1 heterocycles. The van der Waals surface area contributed by atoms with Crippen LogP contribution in [0.5, 0.6) is 0 Å². The Morgan fingerprint density at radius 3 is 2.50 bits per heavy atom. The first-order valence-electron chi connectivity index (χ1n) is 5.63. The number of amides is 2. The number of piperazine rings is 1. The molecule has 0 aromatic heterocycles. The molecule has 0 aromatic rings. The molecule has 1 rings (SSSR count). The molecule has 3 N–H and O–H groups in total. The molecule has 1 aliphatic heterocycles. The molecule has 0 spiro atoms. The number of nitrogens with one attached hydrogen (secondary N) is 1. The first kappa shape index (κ1) is 14.4. The van der Waals surface area contributed by atoms with E-state index < -0.39 is 23.0 Å². The van der Waals surface area contributed by atoms with Crippen molar-refractivity contribution >= 4 is 18.3 Å². The average molecular weight is 256 g/mol. The van der Waals surface area contributed by atoms with E-state index in [0.717, 1.165) is 4.90 Å². The van der Waals surface area contributed by atoms with Crippen molar-refractivity contribution in [3.05, 3.63) is 0 Å². The zero-order valence-corrected chi connectivity index (χ0v) is 10.8. The molecule has 18 heavy (non-hydrogen) atoms. The second-order valence-electron chi connectivity index (χ2n) is 5.15. The van der Waals surface area contributed by atoms with Gasteiger partial charge in [-0.2, -0.15) is 0 Å². The number of hydrogen-bond donors (Lipinski definition) is 2. The normalized spacial score (nSPS) is 24.5. The van der Waals surface area contributed by atoms with Crippen molar-refractivity contribution in [2.45, 2.75) is 31.9 Å². The monoisotopic (exact) mass is 256 g/mol. The molecule has 1 unspecified atom stereocenters. The van der Waals surface area contributed by atoms with Gasteiger partial charge in [-0.15, -0.1) is 0 Å². The maximum Gasteiger partial charge on any atom is 0.343 e. The Labute approximate surface area is 106 Å². The van der Waals surface area contributed by atoms with Crippen LogP contribution in [0, 0.1) is 0 Å². The van der Waals surface area contributed by atoms with Crippen LogP contribution in [0.25, 0.3) is 0 Å². The summed E-state index contributed by atoms with van der Waals surface area (Å²) in [5.41, 5.74) is 2.70. The lowest BCUT2D eigenvalue weighted by Crippen LogP contribution is -2.71. The topological polar surface area (TPSA) is 102 Å². The summed E-state index contributed by atoms with van der Waals surface area (Å²) in [6.07, 6.45) is 1.58. The Morgan fingerprint density at radius 1 is 1.44 bits per heavy atom. The van der Waals surface area contributed by atoms with Gasteiger partial charge in [0.1, 0.15) is 5.60 Å². The van der Waals surface area contributed by atoms with Crippen molar-refractivity contribution < 1.29 is 19.1 Å². The third-order valence-corrected chi connectivity index (χ3v) is 2.61. The van der Waals surface area contributed by atoms with Gasteiger partial charge in [0, 0.05) is 19.6 Å². The van der Waals surface area contributed by atoms with E-state index in [1.165, 1.54) is 0 Å². The van der Waals surface area contributed by atoms with Crippen molar-refractivity contribution in [2.24, 2.45) is 5.73 Å². The zero-order valence-electron chi connectivity index (χ0n) is 10.8. The second-order valence-corrected chi connectivity index (χ2v) is 5.15. The fourth-order valence-corrected chi connectivity index (χ4v) is 1.74. The van der Waals surface area contributed by atoms with Crippen LogP contribution in [0.1, 0.15) is 20.8 Å². The maximum absolute atomic E-state index is 12.2. The van der Waals surface area contributed by atoms with Gasteiger partial charge in [0.2, 0.25) is 5.54 Å². The summed E-state index contributed by atoms with van der Waals surface area (Å²) in [6, 6.07) is 0. The third-order valence-electron chi connectivity index (χ3n) is 2.61. The Hall–Kier alpha value is -1.63. The average Bonchev–Trinajstić information content (AvgIpc) is 2.25. The number of hydrogen-bond acceptors (Lipinski definition) is 5. The molecule has 0 saturated carbocycles. The molecule has 1 saturated heterocycles. The molecule has 1 fully saturated rings. The standard InChI is InChI=1S/C11H18N3O4/c1-10(2,3)18-9(17)11(8(12)16)6-13-4-5-14(11)7-15/h13H,4-6H2,1-3H3,(H2,12,16). The minimum Gasteiger partial charge on any atom is -0.458 e. The van der Waals surface area contributed by atoms with Gasteiger partial charge < -0.3 is 20.7 Å². The summed E-state index contributed by atoms with van der Waals surface area (Å²) in [6.45, 7) is 5.59. The zero-order chi connectivity index (χ0) is 14.0. The molecule has 1 radical (unpaired) electrons. The molecule has 7 heteroatoms. The van der Waals surface area contributed by atoms with Gasteiger partial charge in [-0.05, 0) is 20.8 Å². The van der Waals surface area contributed by atoms with Gasteiger partial charge in [-0.25, -0.2) is 4.79 Å². The summed E-state index contributed by atoms with van der Waals surface area (Å²) in [4.78, 5) is 35.7. The molecular formula is C11H18N3O4. The number of ether oxygens (including phenoxy) is 1. The minimum absolute atomic E-state index is 0.0630. The Bertz CT molecular complexity index is 364. The van der Waals surface area contributed by atoms with Gasteiger partial charge in [-0.1, -0.05) is 0 Å². The first-order valence-corrected chi connectivity index (χ1v) is 5.63. The van der Waals surface area contributed by atoms with E-state index in [2.05, 4.69) is 5.32 Å². The number of carbonyl (C=O) groups excluding carboxylic acids is 3. The van der Waals surface area contributed by atoms with Crippen molar-refractivity contribution in [3.63, 3.8) is 0 Å². The number of primary amides is 1. The van der Waals surface area contributed by atoms with Crippen molar-refractivity contribution in [1.82, 2.24) is 10.2 Å². The minimum atomic E-state index is -1.81. The van der Waals surface area contributed by atoms with Crippen molar-refractivity contribution in [1.29, 1.82) is 0 Å². The van der Waals surface area contributed by atoms with Crippen LogP contribution in [0.3, 0.4) is 0 Å². The predicted octanol–water partition coefficient (Wildman–Crippen LogP) is -1.48. The van der Waals surface area contributed by atoms with E-state index in [4.69, 9.17) is 10.5 Å². The molecule has 0 aromatic carbocycles. The van der Waals surface area contributed by atoms with Crippen LogP contribution in [0.15, 0.2) is 0 Å². The van der Waals surface area contributed by atoms with Crippen LogP contribution in [0.4, 0.5) is 0 Å². The van der Waals surface area contributed by atoms with E-state index >= 15 is 0 Å². The summed E-state index contributed by atoms with van der Waals surface area (Å²) < 4.78 is 5.17. The van der Waals surface area contributed by atoms with E-state index in [1.807, 2.05) is 0 Å². The Morgan fingerprint density at radius 2 is 2.06 bits per heavy atom. The number of carbonyl (C=O) groups is 2. The van der Waals surface area contributed by atoms with E-state index in [1.54, 1.807) is 27.2 Å². The quantitative estimate of drug-likeness (QED) is 0.474. The van der Waals surface area contributed by atoms with Gasteiger partial charge in [0.05, 0.1) is 0 Å². The molecule has 1 aliphatic rings. The molecular weight excluding hydrogens is 238 g/mol. The highest BCUT2D eigenvalue weighted by atomic mass is 16.6. The molecule has 101 valence electrons. The molecule has 2 amide bonds. The van der Waals surface area contributed by atoms with Crippen molar-refractivity contribution in [2.75, 3.05) is 19.6 Å². The lowest BCUT2D eigenvalue weighted by atomic mass is 9.94. The van der Waals surface area contributed by atoms with Gasteiger partial charge in [0.25, 0.3) is 5.91 Å². The number of rotatable bonds is 3. The summed E-state index contributed by atoms with van der Waals surface area (Å²) in [5, 5.41) is 2.87. The van der Waals surface area contributed by atoms with Crippen molar-refractivity contribution in [3.8, 4) is 0 Å². The summed E-state index contributed by atoms with van der Waals surface area (Å²) in [7, 11) is 0. The van der Waals surface area contributed by atoms with E-state index in [0.29, 0.717) is 6.54 Å². The highest BCUT2D eigenvalue weighted by Crippen LogP contribution is 2.21. The summed E-state index contributed by atoms with van der Waals surface area (Å²) >= 11 is 0. The van der Waals surface area contributed by atoms with Gasteiger partial charge in [0.15, 0.2) is 0 Å². The lowest BCUT2D eigenvalue weighted by Gasteiger charge is -2.41. The largest absolute Gasteiger partial charge is 0.458 e. The van der Waals surface area contributed by atoms with Crippen LogP contribution >= 0.6 is 0 Å². The van der Waals surface area contributed by atoms with Crippen LogP contribution < -0.4 is 11.1 Å². The second kappa shape index (κ2) is 4.93. The van der Waals surface area contributed by atoms with Gasteiger partial charge in [-0.3, -0.25) is 9.59 Å². The number of nitrogens with two attached hydrogens (primary N) is 1. The smallest absolute Gasteiger partial charge is 0.343 e.